The van der Waals surface area contributed by atoms with Crippen LogP contribution in [0.25, 0.3) is 0 Å². The standard InChI is InChI=1S/C23H24N2O7S/c1-15(26)32-18-9-8-17(10-19(18)30-2)23-25(21(28)14-33-23)12-20(27)24-11-22(29)31-13-16-6-4-3-5-7-16/h3-10,23H,11-14H2,1-2H3,(H,24,27). The zero-order chi connectivity index (χ0) is 23.8. The van der Waals surface area contributed by atoms with Crippen LogP contribution in [-0.2, 0) is 30.5 Å². The highest BCUT2D eigenvalue weighted by Crippen LogP contribution is 2.41. The first-order valence-electron chi connectivity index (χ1n) is 10.1. The van der Waals surface area contributed by atoms with Gasteiger partial charge in [-0.1, -0.05) is 36.4 Å². The highest BCUT2D eigenvalue weighted by Gasteiger charge is 2.34. The van der Waals surface area contributed by atoms with Crippen LogP contribution >= 0.6 is 11.8 Å². The summed E-state index contributed by atoms with van der Waals surface area (Å²) in [6.07, 6.45) is 0. The number of methoxy groups -OCH3 is 1. The fourth-order valence-corrected chi connectivity index (χ4v) is 4.33. The molecule has 0 aliphatic carbocycles. The molecule has 1 heterocycles. The predicted octanol–water partition coefficient (Wildman–Crippen LogP) is 2.05. The molecule has 1 N–H and O–H groups in total. The molecular formula is C23H24N2O7S. The summed E-state index contributed by atoms with van der Waals surface area (Å²) in [5.74, 6) is -0.908. The van der Waals surface area contributed by atoms with Crippen LogP contribution in [0.2, 0.25) is 0 Å². The summed E-state index contributed by atoms with van der Waals surface area (Å²) in [6, 6.07) is 14.2. The molecule has 0 saturated carbocycles. The zero-order valence-electron chi connectivity index (χ0n) is 18.2. The minimum atomic E-state index is -0.573. The molecular weight excluding hydrogens is 448 g/mol. The van der Waals surface area contributed by atoms with Crippen molar-refractivity contribution in [2.24, 2.45) is 0 Å². The Labute approximate surface area is 195 Å². The largest absolute Gasteiger partial charge is 0.493 e. The van der Waals surface area contributed by atoms with Crippen LogP contribution in [-0.4, -0.2) is 54.6 Å². The number of benzene rings is 2. The molecule has 0 radical (unpaired) electrons. The Balaban J connectivity index is 1.56. The highest BCUT2D eigenvalue weighted by atomic mass is 32.2. The van der Waals surface area contributed by atoms with Crippen molar-refractivity contribution in [2.75, 3.05) is 26.0 Å². The zero-order valence-corrected chi connectivity index (χ0v) is 19.1. The quantitative estimate of drug-likeness (QED) is 0.436. The van der Waals surface area contributed by atoms with Crippen molar-refractivity contribution < 1.29 is 33.4 Å². The number of ether oxygens (including phenoxy) is 3. The Morgan fingerprint density at radius 3 is 2.58 bits per heavy atom. The molecule has 1 saturated heterocycles. The van der Waals surface area contributed by atoms with Crippen LogP contribution in [0, 0.1) is 0 Å². The lowest BCUT2D eigenvalue weighted by Gasteiger charge is -2.24. The van der Waals surface area contributed by atoms with Crippen LogP contribution in [0.3, 0.4) is 0 Å². The molecule has 174 valence electrons. The van der Waals surface area contributed by atoms with E-state index in [1.807, 2.05) is 30.3 Å². The number of hydrogen-bond acceptors (Lipinski definition) is 8. The molecule has 1 unspecified atom stereocenters. The lowest BCUT2D eigenvalue weighted by atomic mass is 10.1. The number of rotatable bonds is 9. The molecule has 1 atom stereocenters. The maximum absolute atomic E-state index is 12.4. The Morgan fingerprint density at radius 2 is 1.88 bits per heavy atom. The first kappa shape index (κ1) is 24.1. The molecule has 10 heteroatoms. The van der Waals surface area contributed by atoms with Crippen LogP contribution in [0.5, 0.6) is 11.5 Å². The molecule has 0 aromatic heterocycles. The molecule has 2 aromatic rings. The molecule has 1 aliphatic heterocycles. The Kier molecular flexibility index (Phi) is 8.31. The van der Waals surface area contributed by atoms with Crippen LogP contribution in [0.15, 0.2) is 48.5 Å². The summed E-state index contributed by atoms with van der Waals surface area (Å²) in [6.45, 7) is 0.896. The average molecular weight is 473 g/mol. The van der Waals surface area contributed by atoms with Gasteiger partial charge in [0.15, 0.2) is 11.5 Å². The Morgan fingerprint density at radius 1 is 1.12 bits per heavy atom. The Hall–Kier alpha value is -3.53. The minimum Gasteiger partial charge on any atom is -0.493 e. The number of nitrogens with zero attached hydrogens (tertiary/aromatic N) is 1. The second kappa shape index (κ2) is 11.4. The van der Waals surface area contributed by atoms with Gasteiger partial charge in [-0.05, 0) is 23.3 Å². The van der Waals surface area contributed by atoms with E-state index in [2.05, 4.69) is 5.32 Å². The SMILES string of the molecule is COc1cc(C2SCC(=O)N2CC(=O)NCC(=O)OCc2ccccc2)ccc1OC(C)=O. The monoisotopic (exact) mass is 472 g/mol. The van der Waals surface area contributed by atoms with Crippen molar-refractivity contribution in [3.8, 4) is 11.5 Å². The third-order valence-electron chi connectivity index (χ3n) is 4.68. The summed E-state index contributed by atoms with van der Waals surface area (Å²) in [5, 5.41) is 2.07. The van der Waals surface area contributed by atoms with E-state index in [0.29, 0.717) is 11.3 Å². The van der Waals surface area contributed by atoms with Crippen molar-refractivity contribution in [1.29, 1.82) is 0 Å². The van der Waals surface area contributed by atoms with E-state index in [4.69, 9.17) is 14.2 Å². The first-order chi connectivity index (χ1) is 15.9. The van der Waals surface area contributed by atoms with E-state index < -0.39 is 23.2 Å². The van der Waals surface area contributed by atoms with Gasteiger partial charge in [-0.3, -0.25) is 19.2 Å². The van der Waals surface area contributed by atoms with Gasteiger partial charge in [-0.25, -0.2) is 0 Å². The molecule has 2 amide bonds. The molecule has 9 nitrogen and oxygen atoms in total. The van der Waals surface area contributed by atoms with E-state index in [0.717, 1.165) is 5.56 Å². The third-order valence-corrected chi connectivity index (χ3v) is 5.94. The fourth-order valence-electron chi connectivity index (χ4n) is 3.15. The molecule has 0 bridgehead atoms. The third kappa shape index (κ3) is 6.72. The Bertz CT molecular complexity index is 1030. The number of amides is 2. The number of nitrogens with one attached hydrogen (secondary N) is 1. The van der Waals surface area contributed by atoms with Crippen LogP contribution < -0.4 is 14.8 Å². The normalized spacial score (nSPS) is 15.2. The lowest BCUT2D eigenvalue weighted by molar-refractivity contribution is -0.145. The number of esters is 2. The van der Waals surface area contributed by atoms with Gasteiger partial charge in [0.05, 0.1) is 12.9 Å². The van der Waals surface area contributed by atoms with Crippen molar-refractivity contribution >= 4 is 35.5 Å². The maximum atomic E-state index is 12.4. The lowest BCUT2D eigenvalue weighted by Crippen LogP contribution is -2.41. The molecule has 33 heavy (non-hydrogen) atoms. The van der Waals surface area contributed by atoms with Gasteiger partial charge in [0.2, 0.25) is 11.8 Å². The predicted molar refractivity (Wildman–Crippen MR) is 120 cm³/mol. The number of carbonyl (C=O) groups is 4. The van der Waals surface area contributed by atoms with E-state index in [9.17, 15) is 19.2 Å². The van der Waals surface area contributed by atoms with Gasteiger partial charge < -0.3 is 24.4 Å². The van der Waals surface area contributed by atoms with E-state index in [-0.39, 0.29) is 37.1 Å². The minimum absolute atomic E-state index is 0.115. The summed E-state index contributed by atoms with van der Waals surface area (Å²) in [5.41, 5.74) is 1.56. The van der Waals surface area contributed by atoms with Crippen molar-refractivity contribution in [3.63, 3.8) is 0 Å². The maximum Gasteiger partial charge on any atom is 0.325 e. The van der Waals surface area contributed by atoms with Gasteiger partial charge in [0.25, 0.3) is 0 Å². The second-order valence-corrected chi connectivity index (χ2v) is 8.18. The second-order valence-electron chi connectivity index (χ2n) is 7.11. The topological polar surface area (TPSA) is 111 Å². The summed E-state index contributed by atoms with van der Waals surface area (Å²) < 4.78 is 15.5. The van der Waals surface area contributed by atoms with Gasteiger partial charge in [0, 0.05) is 6.92 Å². The van der Waals surface area contributed by atoms with E-state index in [1.54, 1.807) is 18.2 Å². The van der Waals surface area contributed by atoms with Gasteiger partial charge in [0.1, 0.15) is 25.1 Å². The highest BCUT2D eigenvalue weighted by molar-refractivity contribution is 8.00. The van der Waals surface area contributed by atoms with Crippen molar-refractivity contribution in [3.05, 3.63) is 59.7 Å². The van der Waals surface area contributed by atoms with Gasteiger partial charge >= 0.3 is 11.9 Å². The number of hydrogen-bond donors (Lipinski definition) is 1. The smallest absolute Gasteiger partial charge is 0.325 e. The summed E-state index contributed by atoms with van der Waals surface area (Å²) in [4.78, 5) is 49.4. The summed E-state index contributed by atoms with van der Waals surface area (Å²) in [7, 11) is 1.45. The first-order valence-corrected chi connectivity index (χ1v) is 11.2. The molecule has 3 rings (SSSR count). The molecule has 2 aromatic carbocycles. The molecule has 1 aliphatic rings. The number of carbonyl (C=O) groups excluding carboxylic acids is 4. The van der Waals surface area contributed by atoms with Gasteiger partial charge in [-0.2, -0.15) is 0 Å². The average Bonchev–Trinajstić information content (AvgIpc) is 3.16. The fraction of sp³-hybridized carbons (Fsp3) is 0.304. The van der Waals surface area contributed by atoms with Crippen LogP contribution in [0.4, 0.5) is 0 Å². The van der Waals surface area contributed by atoms with Crippen LogP contribution in [0.1, 0.15) is 23.4 Å². The van der Waals surface area contributed by atoms with E-state index >= 15 is 0 Å². The molecule has 1 fully saturated rings. The number of thioether (sulfide) groups is 1. The van der Waals surface area contributed by atoms with Crippen molar-refractivity contribution in [1.82, 2.24) is 10.2 Å². The van der Waals surface area contributed by atoms with Gasteiger partial charge in [-0.15, -0.1) is 11.8 Å². The van der Waals surface area contributed by atoms with E-state index in [1.165, 1.54) is 30.7 Å². The summed E-state index contributed by atoms with van der Waals surface area (Å²) >= 11 is 1.36. The molecule has 0 spiro atoms. The van der Waals surface area contributed by atoms with Crippen molar-refractivity contribution in [2.45, 2.75) is 18.9 Å².